The molecule has 9 heteroatoms. The quantitative estimate of drug-likeness (QED) is 0.0613. The predicted octanol–water partition coefficient (Wildman–Crippen LogP) is 8.21. The minimum atomic E-state index is -0.744. The van der Waals surface area contributed by atoms with E-state index in [-0.39, 0.29) is 27.6 Å². The van der Waals surface area contributed by atoms with E-state index in [0.29, 0.717) is 18.1 Å². The molecule has 0 saturated heterocycles. The van der Waals surface area contributed by atoms with Gasteiger partial charge in [-0.15, -0.1) is 0 Å². The van der Waals surface area contributed by atoms with Crippen LogP contribution in [0.25, 0.3) is 0 Å². The first-order chi connectivity index (χ1) is 18.9. The molecule has 206 valence electrons. The summed E-state index contributed by atoms with van der Waals surface area (Å²) >= 11 is 6.21. The van der Waals surface area contributed by atoms with Crippen LogP contribution >= 0.6 is 11.6 Å². The number of halogens is 1. The summed E-state index contributed by atoms with van der Waals surface area (Å²) in [5.41, 5.74) is 0.143. The van der Waals surface area contributed by atoms with Crippen LogP contribution in [-0.4, -0.2) is 23.5 Å². The molecule has 0 aromatic heterocycles. The highest BCUT2D eigenvalue weighted by molar-refractivity contribution is 6.32. The van der Waals surface area contributed by atoms with Crippen molar-refractivity contribution in [3.63, 3.8) is 0 Å². The molecule has 8 nitrogen and oxygen atoms in total. The van der Waals surface area contributed by atoms with Crippen LogP contribution in [0.5, 0.6) is 17.2 Å². The molecule has 0 spiro atoms. The normalized spacial score (nSPS) is 10.6. The number of nitrogens with zero attached hydrogens (tertiary/aromatic N) is 1. The van der Waals surface area contributed by atoms with Gasteiger partial charge in [0.15, 0.2) is 0 Å². The van der Waals surface area contributed by atoms with Crippen molar-refractivity contribution >= 4 is 29.2 Å². The molecule has 0 aliphatic heterocycles. The van der Waals surface area contributed by atoms with Crippen molar-refractivity contribution in [1.29, 1.82) is 0 Å². The lowest BCUT2D eigenvalue weighted by molar-refractivity contribution is -0.384. The summed E-state index contributed by atoms with van der Waals surface area (Å²) in [5, 5.41) is 10.8. The summed E-state index contributed by atoms with van der Waals surface area (Å²) in [6, 6.07) is 15.9. The maximum Gasteiger partial charge on any atom is 0.343 e. The van der Waals surface area contributed by atoms with Crippen LogP contribution in [0.15, 0.2) is 66.7 Å². The zero-order valence-electron chi connectivity index (χ0n) is 21.9. The van der Waals surface area contributed by atoms with Crippen molar-refractivity contribution in [2.45, 2.75) is 58.3 Å². The summed E-state index contributed by atoms with van der Waals surface area (Å²) in [5.74, 6) is -0.275. The molecule has 0 fully saturated rings. The first-order valence-corrected chi connectivity index (χ1v) is 13.5. The van der Waals surface area contributed by atoms with Crippen molar-refractivity contribution in [3.05, 3.63) is 93.0 Å². The molecule has 0 heterocycles. The molecule has 0 amide bonds. The molecule has 0 radical (unpaired) electrons. The van der Waals surface area contributed by atoms with Gasteiger partial charge in [-0.25, -0.2) is 9.59 Å². The molecule has 0 unspecified atom stereocenters. The van der Waals surface area contributed by atoms with Crippen molar-refractivity contribution < 1.29 is 28.7 Å². The van der Waals surface area contributed by atoms with E-state index in [9.17, 15) is 19.7 Å². The summed E-state index contributed by atoms with van der Waals surface area (Å²) in [7, 11) is 0. The molecule has 0 atom stereocenters. The van der Waals surface area contributed by atoms with E-state index in [1.807, 2.05) is 0 Å². The minimum absolute atomic E-state index is 0.0319. The Morgan fingerprint density at radius 3 is 1.92 bits per heavy atom. The van der Waals surface area contributed by atoms with Gasteiger partial charge in [-0.3, -0.25) is 10.1 Å². The van der Waals surface area contributed by atoms with Gasteiger partial charge >= 0.3 is 11.9 Å². The largest absolute Gasteiger partial charge is 0.494 e. The van der Waals surface area contributed by atoms with Crippen molar-refractivity contribution in [2.75, 3.05) is 6.61 Å². The fourth-order valence-corrected chi connectivity index (χ4v) is 4.00. The zero-order valence-corrected chi connectivity index (χ0v) is 22.7. The third kappa shape index (κ3) is 9.72. The number of hydrogen-bond donors (Lipinski definition) is 0. The van der Waals surface area contributed by atoms with E-state index >= 15 is 0 Å². The first kappa shape index (κ1) is 29.6. The Hall–Kier alpha value is -3.91. The third-order valence-electron chi connectivity index (χ3n) is 5.98. The van der Waals surface area contributed by atoms with Crippen LogP contribution < -0.4 is 14.2 Å². The molecule has 3 aromatic rings. The maximum absolute atomic E-state index is 12.6. The van der Waals surface area contributed by atoms with E-state index in [0.717, 1.165) is 12.8 Å². The number of benzene rings is 3. The highest BCUT2D eigenvalue weighted by Crippen LogP contribution is 2.28. The van der Waals surface area contributed by atoms with Gasteiger partial charge in [-0.05, 0) is 61.0 Å². The van der Waals surface area contributed by atoms with Crippen LogP contribution in [-0.2, 0) is 0 Å². The summed E-state index contributed by atoms with van der Waals surface area (Å²) < 4.78 is 16.5. The molecule has 3 rings (SSSR count). The number of ether oxygens (including phenoxy) is 3. The monoisotopic (exact) mass is 553 g/mol. The molecule has 39 heavy (non-hydrogen) atoms. The third-order valence-corrected chi connectivity index (χ3v) is 6.28. The van der Waals surface area contributed by atoms with E-state index in [1.165, 1.54) is 81.0 Å². The molecule has 0 N–H and O–H groups in total. The van der Waals surface area contributed by atoms with Gasteiger partial charge < -0.3 is 14.2 Å². The Morgan fingerprint density at radius 2 is 1.31 bits per heavy atom. The average Bonchev–Trinajstić information content (AvgIpc) is 2.94. The fraction of sp³-hybridized carbons (Fsp3) is 0.333. The van der Waals surface area contributed by atoms with Crippen LogP contribution in [0.4, 0.5) is 5.69 Å². The van der Waals surface area contributed by atoms with Crippen LogP contribution in [0.3, 0.4) is 0 Å². The molecule has 0 saturated carbocycles. The SMILES string of the molecule is CCCCCCCCCCOc1ccc(OC(=O)c2ccc(OC(=O)c3ccc([N+](=O)[O-])cc3)c(Cl)c2)cc1. The Labute approximate surface area is 233 Å². The lowest BCUT2D eigenvalue weighted by atomic mass is 10.1. The Balaban J connectivity index is 1.44. The van der Waals surface area contributed by atoms with Crippen LogP contribution in [0, 0.1) is 10.1 Å². The van der Waals surface area contributed by atoms with E-state index in [1.54, 1.807) is 24.3 Å². The van der Waals surface area contributed by atoms with Gasteiger partial charge in [-0.1, -0.05) is 63.5 Å². The minimum Gasteiger partial charge on any atom is -0.494 e. The van der Waals surface area contributed by atoms with Gasteiger partial charge in [0.1, 0.15) is 17.2 Å². The summed E-state index contributed by atoms with van der Waals surface area (Å²) in [4.78, 5) is 35.1. The van der Waals surface area contributed by atoms with Gasteiger partial charge in [0.2, 0.25) is 0 Å². The molecular formula is C30H32ClNO7. The van der Waals surface area contributed by atoms with Gasteiger partial charge in [-0.2, -0.15) is 0 Å². The number of carbonyl (C=O) groups excluding carboxylic acids is 2. The smallest absolute Gasteiger partial charge is 0.343 e. The summed E-state index contributed by atoms with van der Waals surface area (Å²) in [6.45, 7) is 2.87. The Morgan fingerprint density at radius 1 is 0.744 bits per heavy atom. The highest BCUT2D eigenvalue weighted by atomic mass is 35.5. The number of nitro groups is 1. The lowest BCUT2D eigenvalue weighted by Crippen LogP contribution is -2.11. The highest BCUT2D eigenvalue weighted by Gasteiger charge is 2.16. The van der Waals surface area contributed by atoms with Gasteiger partial charge in [0.25, 0.3) is 5.69 Å². The topological polar surface area (TPSA) is 105 Å². The van der Waals surface area contributed by atoms with Crippen molar-refractivity contribution in [2.24, 2.45) is 0 Å². The van der Waals surface area contributed by atoms with Gasteiger partial charge in [0, 0.05) is 12.1 Å². The predicted molar refractivity (Wildman–Crippen MR) is 149 cm³/mol. The number of unbranched alkanes of at least 4 members (excludes halogenated alkanes) is 7. The Bertz CT molecular complexity index is 1240. The Kier molecular flexibility index (Phi) is 11.8. The number of non-ortho nitro benzene ring substituents is 1. The molecule has 0 aliphatic carbocycles. The van der Waals surface area contributed by atoms with E-state index in [4.69, 9.17) is 25.8 Å². The molecule has 0 aliphatic rings. The number of carbonyl (C=O) groups is 2. The second kappa shape index (κ2) is 15.5. The van der Waals surface area contributed by atoms with Crippen LogP contribution in [0.2, 0.25) is 5.02 Å². The second-order valence-corrected chi connectivity index (χ2v) is 9.43. The number of hydrogen-bond acceptors (Lipinski definition) is 7. The fourth-order valence-electron chi connectivity index (χ4n) is 3.78. The lowest BCUT2D eigenvalue weighted by Gasteiger charge is -2.09. The molecule has 3 aromatic carbocycles. The van der Waals surface area contributed by atoms with Crippen molar-refractivity contribution in [3.8, 4) is 17.2 Å². The molecule has 0 bridgehead atoms. The first-order valence-electron chi connectivity index (χ1n) is 13.1. The zero-order chi connectivity index (χ0) is 28.0. The second-order valence-electron chi connectivity index (χ2n) is 9.02. The van der Waals surface area contributed by atoms with E-state index < -0.39 is 16.9 Å². The van der Waals surface area contributed by atoms with E-state index in [2.05, 4.69) is 6.92 Å². The number of nitro benzene ring substituents is 1. The summed E-state index contributed by atoms with van der Waals surface area (Å²) in [6.07, 6.45) is 9.88. The van der Waals surface area contributed by atoms with Crippen LogP contribution in [0.1, 0.15) is 79.0 Å². The van der Waals surface area contributed by atoms with Crippen molar-refractivity contribution in [1.82, 2.24) is 0 Å². The standard InChI is InChI=1S/C30H32ClNO7/c1-2-3-4-5-6-7-8-9-20-37-25-15-17-26(18-16-25)38-30(34)23-12-19-28(27(31)21-23)39-29(33)22-10-13-24(14-11-22)32(35)36/h10-19,21H,2-9,20H2,1H3. The molecular weight excluding hydrogens is 522 g/mol. The maximum atomic E-state index is 12.6. The average molecular weight is 554 g/mol. The number of esters is 2. The number of rotatable bonds is 15. The van der Waals surface area contributed by atoms with Gasteiger partial charge in [0.05, 0.1) is 27.7 Å².